The first kappa shape index (κ1) is 54.0. The van der Waals surface area contributed by atoms with Crippen LogP contribution in [0.4, 0.5) is 4.79 Å². The molecule has 11 unspecified atom stereocenters. The van der Waals surface area contributed by atoms with Crippen molar-refractivity contribution in [2.75, 3.05) is 19.8 Å². The number of epoxide rings is 1. The predicted octanol–water partition coefficient (Wildman–Crippen LogP) is 3.84. The van der Waals surface area contributed by atoms with Crippen molar-refractivity contribution >= 4 is 123 Å². The molecule has 16 nitrogen and oxygen atoms in total. The first-order chi connectivity index (χ1) is 27.2. The summed E-state index contributed by atoms with van der Waals surface area (Å²) >= 11 is 19.3. The Balaban J connectivity index is 0.00000145. The molecule has 0 spiro atoms. The number of hydrogen-bond acceptors (Lipinski definition) is 19. The number of fused-ring (bicyclic) bond motifs is 2. The molecule has 0 aromatic carbocycles. The molecular formula is C29H46Ac2I3O16P3S3. The van der Waals surface area contributed by atoms with Crippen LogP contribution in [0.15, 0.2) is 0 Å². The maximum atomic E-state index is 12.4. The van der Waals surface area contributed by atoms with E-state index in [4.69, 9.17) is 51.7 Å². The molecule has 0 aromatic heterocycles. The largest absolute Gasteiger partial charge is 0.509 e. The van der Waals surface area contributed by atoms with E-state index in [1.165, 1.54) is 0 Å². The summed E-state index contributed by atoms with van der Waals surface area (Å²) in [6, 6.07) is 0. The molecule has 6 aliphatic heterocycles. The number of halogens is 3. The van der Waals surface area contributed by atoms with Gasteiger partial charge in [0.2, 0.25) is 4.29 Å². The molecule has 6 heterocycles. The van der Waals surface area contributed by atoms with Crippen LogP contribution in [0.3, 0.4) is 0 Å². The van der Waals surface area contributed by atoms with Crippen LogP contribution in [0.25, 0.3) is 0 Å². The average Bonchev–Trinajstić information content (AvgIpc) is 3.83. The van der Waals surface area contributed by atoms with Crippen molar-refractivity contribution in [1.29, 1.82) is 4.29 Å². The van der Waals surface area contributed by atoms with E-state index >= 15 is 0 Å². The molecule has 6 aliphatic rings. The zero-order valence-corrected chi connectivity index (χ0v) is 51.7. The second-order valence-electron chi connectivity index (χ2n) is 13.3. The summed E-state index contributed by atoms with van der Waals surface area (Å²) in [6.07, 6.45) is -16.4. The molecule has 27 heteroatoms. The van der Waals surface area contributed by atoms with Gasteiger partial charge in [-0.1, -0.05) is 27.7 Å². The average molecular weight is 1680 g/mol. The van der Waals surface area contributed by atoms with Crippen LogP contribution in [-0.2, 0) is 82.8 Å². The molecule has 2 radical (unpaired) electrons. The number of aliphatic hydroxyl groups is 5. The third kappa shape index (κ3) is 15.7. The Morgan fingerprint density at radius 2 is 1.07 bits per heavy atom. The molecule has 0 amide bonds. The number of carbonyl (C=O) groups is 1. The van der Waals surface area contributed by atoms with Crippen LogP contribution >= 0.6 is 81.1 Å². The molecule has 0 aromatic rings. The van der Waals surface area contributed by atoms with Crippen LogP contribution in [0.5, 0.6) is 0 Å². The van der Waals surface area contributed by atoms with Crippen LogP contribution in [0.2, 0.25) is 0 Å². The fraction of sp³-hybridized carbons (Fsp3) is 0.966. The molecule has 6 rings (SSSR count). The first-order valence-electron chi connectivity index (χ1n) is 18.0. The smallest absolute Gasteiger partial charge is 0.424 e. The van der Waals surface area contributed by atoms with Crippen molar-refractivity contribution in [1.82, 2.24) is 0 Å². The zero-order chi connectivity index (χ0) is 42.6. The number of ether oxygens (including phenoxy) is 10. The van der Waals surface area contributed by atoms with Gasteiger partial charge in [-0.25, -0.2) is 4.79 Å². The molecule has 0 bridgehead atoms. The molecule has 0 aliphatic carbocycles. The molecule has 6 fully saturated rings. The van der Waals surface area contributed by atoms with Gasteiger partial charge < -0.3 is 72.9 Å². The van der Waals surface area contributed by atoms with Crippen LogP contribution in [0, 0.1) is 112 Å². The fourth-order valence-corrected chi connectivity index (χ4v) is 6.99. The van der Waals surface area contributed by atoms with Crippen LogP contribution in [-0.4, -0.2) is 154 Å². The van der Waals surface area contributed by atoms with E-state index in [0.29, 0.717) is 0 Å². The SMILES string of the molecule is S=PI.S=PI.S=PI.[3H]OCC1OC2OC2C(OC2OC(CO[3H])[C@H](O)[C@H](O[C@@H]3OC(CO[3H])[C@@H]4OC(=O)O[C@@H]4C3O[C@@H]3OC(C)[C@@H](C)[C@H](C)C3C)C2C)[C@H]1O.[Ac].[Ac]. The number of rotatable bonds is 12. The monoisotopic (exact) mass is 1680 g/mol. The second-order valence-corrected chi connectivity index (χ2v) is 25.6. The van der Waals surface area contributed by atoms with Gasteiger partial charge in [0, 0.05) is 115 Å². The Kier molecular flexibility index (Phi) is 28.8. The van der Waals surface area contributed by atoms with Gasteiger partial charge in [-0.2, -0.15) is 0 Å². The quantitative estimate of drug-likeness (QED) is 0.0813. The van der Waals surface area contributed by atoms with Gasteiger partial charge in [-0.15, -0.1) is 0 Å². The van der Waals surface area contributed by atoms with Crippen molar-refractivity contribution in [2.24, 2.45) is 23.7 Å². The minimum Gasteiger partial charge on any atom is -0.424 e. The van der Waals surface area contributed by atoms with Gasteiger partial charge in [0.1, 0.15) is 42.7 Å². The Morgan fingerprint density at radius 3 is 1.66 bits per heavy atom. The summed E-state index contributed by atoms with van der Waals surface area (Å²) in [5.74, 6) is -0.356. The number of hydrogen-bond donors (Lipinski definition) is 5. The molecule has 56 heavy (non-hydrogen) atoms. The normalized spacial score (nSPS) is 45.6. The molecule has 318 valence electrons. The van der Waals surface area contributed by atoms with Crippen LogP contribution in [0.1, 0.15) is 34.6 Å². The Bertz CT molecular complexity index is 1280. The summed E-state index contributed by atoms with van der Waals surface area (Å²) in [5.41, 5.74) is 0. The topological polar surface area (TPSA) is 214 Å². The Morgan fingerprint density at radius 1 is 0.607 bits per heavy atom. The van der Waals surface area contributed by atoms with Gasteiger partial charge >= 0.3 is 6.16 Å². The van der Waals surface area contributed by atoms with E-state index in [9.17, 15) is 15.0 Å². The number of aliphatic hydroxyl groups excluding tert-OH is 5. The third-order valence-corrected chi connectivity index (χ3v) is 10.4. The summed E-state index contributed by atoms with van der Waals surface area (Å²) in [5, 5.41) is 36.1. The minimum absolute atomic E-state index is 0. The predicted molar refractivity (Wildman–Crippen MR) is 230 cm³/mol. The second kappa shape index (κ2) is 29.9. The van der Waals surface area contributed by atoms with E-state index in [1.807, 2.05) is 13.8 Å². The summed E-state index contributed by atoms with van der Waals surface area (Å²) in [4.78, 5) is 15.3. The maximum Gasteiger partial charge on any atom is 0.509 e. The van der Waals surface area contributed by atoms with Crippen molar-refractivity contribution < 1.29 is 166 Å². The van der Waals surface area contributed by atoms with Gasteiger partial charge in [-0.05, 0) is 120 Å². The van der Waals surface area contributed by atoms with Crippen LogP contribution < -0.4 is 0 Å². The van der Waals surface area contributed by atoms with Crippen molar-refractivity contribution in [3.05, 3.63) is 0 Å². The summed E-state index contributed by atoms with van der Waals surface area (Å²) in [7, 11) is 0. The summed E-state index contributed by atoms with van der Waals surface area (Å²) in [6.45, 7) is 8.98. The molecule has 5 N–H and O–H groups in total. The number of carbonyl (C=O) groups excluding carboxylic acids is 1. The molecule has 0 saturated carbocycles. The molecular weight excluding hydrogens is 1630 g/mol. The standard InChI is InChI=1S/C29H46O16.2Ac.3IPS/c1-9-10(2)13(5)36-25(11(9)3)42-24-22-20(44-29(35)45-22)16(8-32)39-28(24)40-19-12(4)26(37-14(6-30)17(19)33)41-21-18(34)15(7-31)38-27-23(21)43-27;;;3*1-2-3/h9-28,30-34H,6-8H2,1-5H3;;;;;/t9-,10-,11?,12?,13?,14?,15?,16?,17-,18-,19+,20-,21?,22-,23?,24?,25-,26?,27?,28-;;;;;/m0...../s1/i30T,31T,32T;;;;;. The van der Waals surface area contributed by atoms with E-state index in [2.05, 4.69) is 131 Å². The third-order valence-electron chi connectivity index (χ3n) is 10.4. The van der Waals surface area contributed by atoms with Gasteiger partial charge in [0.15, 0.2) is 43.5 Å². The summed E-state index contributed by atoms with van der Waals surface area (Å²) < 4.78 is 81.6. The van der Waals surface area contributed by atoms with Crippen molar-refractivity contribution in [3.8, 4) is 0 Å². The minimum atomic E-state index is -1.37. The Hall–Kier alpha value is 5.38. The maximum absolute atomic E-state index is 12.4. The Labute approximate surface area is 461 Å². The van der Waals surface area contributed by atoms with Gasteiger partial charge in [-0.3, -0.25) is 0 Å². The molecule has 20 atom stereocenters. The van der Waals surface area contributed by atoms with Crippen molar-refractivity contribution in [2.45, 2.75) is 133 Å². The molecule has 6 saturated heterocycles. The fourth-order valence-electron chi connectivity index (χ4n) is 6.99. The van der Waals surface area contributed by atoms with E-state index in [1.54, 1.807) is 6.92 Å². The van der Waals surface area contributed by atoms with Crippen molar-refractivity contribution in [3.63, 3.8) is 0 Å². The van der Waals surface area contributed by atoms with E-state index in [0.717, 1.165) is 15.0 Å². The van der Waals surface area contributed by atoms with Gasteiger partial charge in [0.25, 0.3) is 0 Å². The van der Waals surface area contributed by atoms with E-state index < -0.39 is 104 Å². The van der Waals surface area contributed by atoms with Gasteiger partial charge in [0.05, 0.1) is 32.0 Å². The van der Waals surface area contributed by atoms with E-state index in [-0.39, 0.29) is 132 Å². The first-order valence-corrected chi connectivity index (χ1v) is 30.8. The zero-order valence-electron chi connectivity index (χ0n) is 33.6.